The van der Waals surface area contributed by atoms with Crippen molar-refractivity contribution in [3.8, 4) is 5.75 Å². The van der Waals surface area contributed by atoms with Gasteiger partial charge in [-0.25, -0.2) is 0 Å². The van der Waals surface area contributed by atoms with Crippen LogP contribution in [0.5, 0.6) is 5.75 Å². The third-order valence-corrected chi connectivity index (χ3v) is 4.22. The lowest BCUT2D eigenvalue weighted by atomic mass is 10.2. The zero-order chi connectivity index (χ0) is 21.9. The van der Waals surface area contributed by atoms with Crippen LogP contribution in [0.25, 0.3) is 0 Å². The smallest absolute Gasteiger partial charge is 0.419 e. The van der Waals surface area contributed by atoms with Crippen LogP contribution in [-0.2, 0) is 15.8 Å². The topological polar surface area (TPSA) is 58.6 Å². The fraction of sp³-hybridized carbons (Fsp3) is 0.619. The van der Waals surface area contributed by atoms with Crippen LogP contribution < -0.4 is 10.1 Å². The van der Waals surface area contributed by atoms with E-state index in [-0.39, 0.29) is 30.6 Å². The maximum atomic E-state index is 13.0. The molecule has 0 saturated heterocycles. The normalized spacial score (nSPS) is 12.3. The lowest BCUT2D eigenvalue weighted by molar-refractivity contribution is -0.139. The third kappa shape index (κ3) is 9.19. The number of alkyl halides is 3. The van der Waals surface area contributed by atoms with Crippen molar-refractivity contribution < 1.29 is 27.5 Å². The number of halogens is 3. The molecule has 1 atom stereocenters. The summed E-state index contributed by atoms with van der Waals surface area (Å²) in [5.41, 5.74) is -0.847. The molecule has 0 aliphatic heterocycles. The average molecular weight is 416 g/mol. The zero-order valence-corrected chi connectivity index (χ0v) is 17.3. The van der Waals surface area contributed by atoms with Crippen molar-refractivity contribution in [1.82, 2.24) is 10.2 Å². The summed E-state index contributed by atoms with van der Waals surface area (Å²) in [6, 6.07) is 4.50. The van der Waals surface area contributed by atoms with Crippen molar-refractivity contribution in [2.24, 2.45) is 0 Å². The molecule has 0 fully saturated rings. The highest BCUT2D eigenvalue weighted by Gasteiger charge is 2.34. The Morgan fingerprint density at radius 3 is 2.31 bits per heavy atom. The molecule has 1 aromatic rings. The summed E-state index contributed by atoms with van der Waals surface area (Å²) in [5.74, 6) is -0.476. The Morgan fingerprint density at radius 1 is 1.10 bits per heavy atom. The van der Waals surface area contributed by atoms with Gasteiger partial charge in [0.15, 0.2) is 0 Å². The summed E-state index contributed by atoms with van der Waals surface area (Å²) >= 11 is 0. The average Bonchev–Trinajstić information content (AvgIpc) is 2.65. The molecule has 29 heavy (non-hydrogen) atoms. The zero-order valence-electron chi connectivity index (χ0n) is 17.3. The summed E-state index contributed by atoms with van der Waals surface area (Å²) in [6.45, 7) is 7.03. The maximum Gasteiger partial charge on any atom is 0.419 e. The molecule has 0 bridgehead atoms. The number of hydrogen-bond donors (Lipinski definition) is 1. The van der Waals surface area contributed by atoms with Crippen LogP contribution >= 0.6 is 0 Å². The van der Waals surface area contributed by atoms with Gasteiger partial charge in [0.25, 0.3) is 0 Å². The predicted octanol–water partition coefficient (Wildman–Crippen LogP) is 4.41. The molecule has 0 heterocycles. The van der Waals surface area contributed by atoms with E-state index < -0.39 is 17.8 Å². The van der Waals surface area contributed by atoms with Crippen LogP contribution in [0.15, 0.2) is 24.3 Å². The van der Waals surface area contributed by atoms with Crippen LogP contribution in [0.1, 0.15) is 58.4 Å². The third-order valence-electron chi connectivity index (χ3n) is 4.22. The van der Waals surface area contributed by atoms with Crippen LogP contribution in [0.4, 0.5) is 13.2 Å². The molecule has 0 radical (unpaired) electrons. The second-order valence-corrected chi connectivity index (χ2v) is 7.01. The van der Waals surface area contributed by atoms with Gasteiger partial charge >= 0.3 is 6.18 Å². The molecule has 0 saturated carbocycles. The van der Waals surface area contributed by atoms with E-state index in [0.717, 1.165) is 18.9 Å². The Balaban J connectivity index is 2.39. The van der Waals surface area contributed by atoms with E-state index >= 15 is 0 Å². The molecular weight excluding hydrogens is 385 g/mol. The molecule has 1 aromatic carbocycles. The SMILES string of the molecule is CCCN(CCC)C(=O)CCCC(=O)NC(C)COc1ccccc1C(F)(F)F. The highest BCUT2D eigenvalue weighted by Crippen LogP contribution is 2.35. The van der Waals surface area contributed by atoms with E-state index in [1.54, 1.807) is 6.92 Å². The summed E-state index contributed by atoms with van der Waals surface area (Å²) in [7, 11) is 0. The van der Waals surface area contributed by atoms with Crippen LogP contribution in [0.2, 0.25) is 0 Å². The molecule has 2 amide bonds. The fourth-order valence-electron chi connectivity index (χ4n) is 2.89. The van der Waals surface area contributed by atoms with Gasteiger partial charge in [0.2, 0.25) is 11.8 Å². The maximum absolute atomic E-state index is 13.0. The molecule has 1 N–H and O–H groups in total. The Hall–Kier alpha value is -2.25. The van der Waals surface area contributed by atoms with Crippen LogP contribution in [0.3, 0.4) is 0 Å². The Morgan fingerprint density at radius 2 is 1.72 bits per heavy atom. The first-order valence-electron chi connectivity index (χ1n) is 10.0. The van der Waals surface area contributed by atoms with Gasteiger partial charge in [-0.15, -0.1) is 0 Å². The second-order valence-electron chi connectivity index (χ2n) is 7.01. The number of benzene rings is 1. The van der Waals surface area contributed by atoms with E-state index in [1.165, 1.54) is 18.2 Å². The number of rotatable bonds is 12. The van der Waals surface area contributed by atoms with Gasteiger partial charge in [0.1, 0.15) is 12.4 Å². The fourth-order valence-corrected chi connectivity index (χ4v) is 2.89. The number of ether oxygens (including phenoxy) is 1. The summed E-state index contributed by atoms with van der Waals surface area (Å²) in [4.78, 5) is 26.0. The predicted molar refractivity (Wildman–Crippen MR) is 106 cm³/mol. The number of nitrogens with zero attached hydrogens (tertiary/aromatic N) is 1. The van der Waals surface area contributed by atoms with Gasteiger partial charge in [0, 0.05) is 25.9 Å². The van der Waals surface area contributed by atoms with Gasteiger partial charge in [-0.2, -0.15) is 13.2 Å². The largest absolute Gasteiger partial charge is 0.491 e. The van der Waals surface area contributed by atoms with Gasteiger partial charge in [-0.3, -0.25) is 9.59 Å². The first-order valence-corrected chi connectivity index (χ1v) is 10.0. The summed E-state index contributed by atoms with van der Waals surface area (Å²) < 4.78 is 44.1. The molecule has 0 aromatic heterocycles. The number of carbonyl (C=O) groups excluding carboxylic acids is 2. The lowest BCUT2D eigenvalue weighted by Crippen LogP contribution is -2.37. The van der Waals surface area contributed by atoms with Crippen molar-refractivity contribution >= 4 is 11.8 Å². The molecule has 1 rings (SSSR count). The molecule has 8 heteroatoms. The van der Waals surface area contributed by atoms with Crippen molar-refractivity contribution in [2.75, 3.05) is 19.7 Å². The van der Waals surface area contributed by atoms with Crippen LogP contribution in [-0.4, -0.2) is 42.5 Å². The Kier molecular flexibility index (Phi) is 10.5. The Bertz CT molecular complexity index is 644. The molecule has 164 valence electrons. The van der Waals surface area contributed by atoms with Crippen molar-refractivity contribution in [1.29, 1.82) is 0 Å². The molecular formula is C21H31F3N2O3. The minimum absolute atomic E-state index is 0.0432. The molecule has 5 nitrogen and oxygen atoms in total. The minimum atomic E-state index is -4.50. The standard InChI is InChI=1S/C21H31F3N2O3/c1-4-13-26(14-5-2)20(28)12-8-11-19(27)25-16(3)15-29-18-10-7-6-9-17(18)21(22,23)24/h6-7,9-10,16H,4-5,8,11-15H2,1-3H3,(H,25,27). The van der Waals surface area contributed by atoms with E-state index in [9.17, 15) is 22.8 Å². The molecule has 0 spiro atoms. The monoisotopic (exact) mass is 416 g/mol. The quantitative estimate of drug-likeness (QED) is 0.549. The van der Waals surface area contributed by atoms with Gasteiger partial charge in [0.05, 0.1) is 11.6 Å². The minimum Gasteiger partial charge on any atom is -0.491 e. The van der Waals surface area contributed by atoms with E-state index in [4.69, 9.17) is 4.74 Å². The number of carbonyl (C=O) groups is 2. The van der Waals surface area contributed by atoms with Gasteiger partial charge in [-0.1, -0.05) is 26.0 Å². The lowest BCUT2D eigenvalue weighted by Gasteiger charge is -2.21. The highest BCUT2D eigenvalue weighted by molar-refractivity contribution is 5.79. The van der Waals surface area contributed by atoms with E-state index in [2.05, 4.69) is 5.32 Å². The number of hydrogen-bond acceptors (Lipinski definition) is 3. The molecule has 1 unspecified atom stereocenters. The number of para-hydroxylation sites is 1. The number of nitrogens with one attached hydrogen (secondary N) is 1. The van der Waals surface area contributed by atoms with Crippen molar-refractivity contribution in [2.45, 2.75) is 65.1 Å². The first kappa shape index (κ1) is 24.8. The van der Waals surface area contributed by atoms with Crippen LogP contribution in [0, 0.1) is 0 Å². The molecule has 0 aliphatic carbocycles. The van der Waals surface area contributed by atoms with Crippen molar-refractivity contribution in [3.05, 3.63) is 29.8 Å². The van der Waals surface area contributed by atoms with Gasteiger partial charge in [-0.05, 0) is 38.3 Å². The molecule has 0 aliphatic rings. The summed E-state index contributed by atoms with van der Waals surface area (Å²) in [5, 5.41) is 2.69. The van der Waals surface area contributed by atoms with Crippen molar-refractivity contribution in [3.63, 3.8) is 0 Å². The first-order chi connectivity index (χ1) is 13.7. The number of amides is 2. The van der Waals surface area contributed by atoms with E-state index in [1.807, 2.05) is 18.7 Å². The summed E-state index contributed by atoms with van der Waals surface area (Å²) in [6.07, 6.45) is -1.81. The van der Waals surface area contributed by atoms with Gasteiger partial charge < -0.3 is 15.0 Å². The highest BCUT2D eigenvalue weighted by atomic mass is 19.4. The van der Waals surface area contributed by atoms with E-state index in [0.29, 0.717) is 25.9 Å². The Labute approximate surface area is 170 Å². The second kappa shape index (κ2) is 12.3.